The van der Waals surface area contributed by atoms with Crippen molar-refractivity contribution in [3.8, 4) is 0 Å². The van der Waals surface area contributed by atoms with Crippen molar-refractivity contribution >= 4 is 23.3 Å². The summed E-state index contributed by atoms with van der Waals surface area (Å²) in [6.45, 7) is 2.41. The fourth-order valence-electron chi connectivity index (χ4n) is 2.64. The molecule has 1 aliphatic carbocycles. The van der Waals surface area contributed by atoms with E-state index in [0.717, 1.165) is 30.7 Å². The van der Waals surface area contributed by atoms with Crippen LogP contribution < -0.4 is 10.6 Å². The quantitative estimate of drug-likeness (QED) is 0.721. The van der Waals surface area contributed by atoms with Gasteiger partial charge < -0.3 is 15.7 Å². The summed E-state index contributed by atoms with van der Waals surface area (Å²) in [6.07, 6.45) is 5.37. The number of rotatable bonds is 7. The summed E-state index contributed by atoms with van der Waals surface area (Å²) in [7, 11) is 0. The fraction of sp³-hybridized carbons (Fsp3) is 0.643. The highest BCUT2D eigenvalue weighted by Crippen LogP contribution is 2.43. The highest BCUT2D eigenvalue weighted by molar-refractivity contribution is 7.09. The molecule has 21 heavy (non-hydrogen) atoms. The fourth-order valence-corrected chi connectivity index (χ4v) is 3.41. The molecule has 116 valence electrons. The second-order valence-corrected chi connectivity index (χ2v) is 6.51. The van der Waals surface area contributed by atoms with Crippen molar-refractivity contribution in [1.82, 2.24) is 15.6 Å². The zero-order valence-corrected chi connectivity index (χ0v) is 12.9. The zero-order chi connectivity index (χ0) is 15.3. The van der Waals surface area contributed by atoms with E-state index in [2.05, 4.69) is 15.6 Å². The lowest BCUT2D eigenvalue weighted by Crippen LogP contribution is -2.47. The molecule has 0 bridgehead atoms. The van der Waals surface area contributed by atoms with Crippen molar-refractivity contribution in [3.05, 3.63) is 16.6 Å². The van der Waals surface area contributed by atoms with Crippen LogP contribution in [0, 0.1) is 5.41 Å². The molecule has 7 heteroatoms. The number of carboxylic acid groups (broad SMARTS) is 1. The molecule has 1 aliphatic rings. The van der Waals surface area contributed by atoms with Crippen LogP contribution >= 0.6 is 11.3 Å². The maximum Gasteiger partial charge on any atom is 0.315 e. The van der Waals surface area contributed by atoms with Gasteiger partial charge in [0.05, 0.1) is 12.5 Å². The summed E-state index contributed by atoms with van der Waals surface area (Å²) < 4.78 is 0. The lowest BCUT2D eigenvalue weighted by atomic mass is 9.66. The van der Waals surface area contributed by atoms with E-state index >= 15 is 0 Å². The maximum atomic E-state index is 12.0. The molecule has 1 aromatic rings. The Bertz CT molecular complexity index is 486. The van der Waals surface area contributed by atoms with Crippen LogP contribution in [-0.2, 0) is 4.79 Å². The van der Waals surface area contributed by atoms with E-state index in [9.17, 15) is 9.59 Å². The molecule has 0 saturated heterocycles. The van der Waals surface area contributed by atoms with E-state index in [1.807, 2.05) is 12.3 Å². The number of nitrogens with one attached hydrogen (secondary N) is 2. The van der Waals surface area contributed by atoms with Crippen LogP contribution in [0.2, 0.25) is 0 Å². The predicted molar refractivity (Wildman–Crippen MR) is 80.2 cm³/mol. The molecule has 1 unspecified atom stereocenters. The highest BCUT2D eigenvalue weighted by Gasteiger charge is 2.39. The minimum Gasteiger partial charge on any atom is -0.481 e. The van der Waals surface area contributed by atoms with Gasteiger partial charge in [0.15, 0.2) is 0 Å². The number of carbonyl (C=O) groups is 2. The Morgan fingerprint density at radius 2 is 2.29 bits per heavy atom. The predicted octanol–water partition coefficient (Wildman–Crippen LogP) is 2.54. The molecular formula is C14H21N3O3S. The lowest BCUT2D eigenvalue weighted by molar-refractivity contribution is -0.141. The SMILES string of the molecule is CCC(NC(=O)NCC1(CC(=O)O)CCC1)c1nccs1. The Labute approximate surface area is 128 Å². The molecule has 1 saturated carbocycles. The van der Waals surface area contributed by atoms with Crippen LogP contribution in [0.4, 0.5) is 4.79 Å². The number of hydrogen-bond donors (Lipinski definition) is 3. The van der Waals surface area contributed by atoms with Crippen molar-refractivity contribution < 1.29 is 14.7 Å². The molecule has 1 aromatic heterocycles. The van der Waals surface area contributed by atoms with E-state index in [-0.39, 0.29) is 23.9 Å². The third-order valence-electron chi connectivity index (χ3n) is 4.03. The van der Waals surface area contributed by atoms with E-state index in [1.54, 1.807) is 6.20 Å². The first-order chi connectivity index (χ1) is 10.0. The van der Waals surface area contributed by atoms with Crippen LogP contribution in [0.3, 0.4) is 0 Å². The largest absolute Gasteiger partial charge is 0.481 e. The Morgan fingerprint density at radius 1 is 1.52 bits per heavy atom. The normalized spacial score (nSPS) is 17.6. The number of nitrogens with zero attached hydrogens (tertiary/aromatic N) is 1. The first-order valence-electron chi connectivity index (χ1n) is 7.20. The smallest absolute Gasteiger partial charge is 0.315 e. The summed E-state index contributed by atoms with van der Waals surface area (Å²) in [5.74, 6) is -0.800. The van der Waals surface area contributed by atoms with Crippen LogP contribution in [0.25, 0.3) is 0 Å². The van der Waals surface area contributed by atoms with Crippen molar-refractivity contribution in [2.45, 2.75) is 45.1 Å². The van der Waals surface area contributed by atoms with E-state index < -0.39 is 5.97 Å². The van der Waals surface area contributed by atoms with E-state index in [0.29, 0.717) is 6.54 Å². The summed E-state index contributed by atoms with van der Waals surface area (Å²) in [6, 6.07) is -0.351. The number of aliphatic carboxylic acids is 1. The van der Waals surface area contributed by atoms with E-state index in [1.165, 1.54) is 11.3 Å². The van der Waals surface area contributed by atoms with Gasteiger partial charge in [0, 0.05) is 18.1 Å². The molecule has 2 amide bonds. The average Bonchev–Trinajstić information content (AvgIpc) is 2.92. The van der Waals surface area contributed by atoms with Crippen molar-refractivity contribution in [2.24, 2.45) is 5.41 Å². The summed E-state index contributed by atoms with van der Waals surface area (Å²) in [5, 5.41) is 17.4. The monoisotopic (exact) mass is 311 g/mol. The van der Waals surface area contributed by atoms with Gasteiger partial charge in [-0.25, -0.2) is 9.78 Å². The average molecular weight is 311 g/mol. The molecule has 0 aromatic carbocycles. The van der Waals surface area contributed by atoms with Gasteiger partial charge in [0.25, 0.3) is 0 Å². The van der Waals surface area contributed by atoms with Gasteiger partial charge in [-0.2, -0.15) is 0 Å². The van der Waals surface area contributed by atoms with Crippen LogP contribution in [-0.4, -0.2) is 28.6 Å². The van der Waals surface area contributed by atoms with Crippen LogP contribution in [0.15, 0.2) is 11.6 Å². The number of thiazole rings is 1. The second kappa shape index (κ2) is 6.89. The number of hydrogen-bond acceptors (Lipinski definition) is 4. The number of carbonyl (C=O) groups excluding carboxylic acids is 1. The van der Waals surface area contributed by atoms with Gasteiger partial charge in [-0.15, -0.1) is 11.3 Å². The minimum atomic E-state index is -0.800. The Morgan fingerprint density at radius 3 is 2.76 bits per heavy atom. The van der Waals surface area contributed by atoms with Crippen molar-refractivity contribution in [1.29, 1.82) is 0 Å². The van der Waals surface area contributed by atoms with Gasteiger partial charge in [0.1, 0.15) is 5.01 Å². The first kappa shape index (κ1) is 15.8. The molecule has 1 fully saturated rings. The second-order valence-electron chi connectivity index (χ2n) is 5.58. The molecule has 0 radical (unpaired) electrons. The minimum absolute atomic E-state index is 0.0955. The molecule has 6 nitrogen and oxygen atoms in total. The molecule has 0 spiro atoms. The van der Waals surface area contributed by atoms with Crippen molar-refractivity contribution in [2.75, 3.05) is 6.54 Å². The number of carboxylic acids is 1. The van der Waals surface area contributed by atoms with Gasteiger partial charge in [-0.1, -0.05) is 13.3 Å². The third kappa shape index (κ3) is 4.17. The Balaban J connectivity index is 1.82. The highest BCUT2D eigenvalue weighted by atomic mass is 32.1. The van der Waals surface area contributed by atoms with Gasteiger partial charge >= 0.3 is 12.0 Å². The molecule has 1 atom stereocenters. The molecular weight excluding hydrogens is 290 g/mol. The van der Waals surface area contributed by atoms with Crippen molar-refractivity contribution in [3.63, 3.8) is 0 Å². The maximum absolute atomic E-state index is 12.0. The standard InChI is InChI=1S/C14H21N3O3S/c1-2-10(12-15-6-7-21-12)17-13(20)16-9-14(4-3-5-14)8-11(18)19/h6-7,10H,2-5,8-9H2,1H3,(H,18,19)(H2,16,17,20). The summed E-state index contributed by atoms with van der Waals surface area (Å²) in [4.78, 5) is 27.1. The lowest BCUT2D eigenvalue weighted by Gasteiger charge is -2.40. The van der Waals surface area contributed by atoms with Gasteiger partial charge in [-0.3, -0.25) is 4.79 Å². The number of aromatic nitrogens is 1. The molecule has 0 aliphatic heterocycles. The summed E-state index contributed by atoms with van der Waals surface area (Å²) >= 11 is 1.51. The van der Waals surface area contributed by atoms with Crippen LogP contribution in [0.5, 0.6) is 0 Å². The van der Waals surface area contributed by atoms with Gasteiger partial charge in [-0.05, 0) is 24.7 Å². The number of amides is 2. The first-order valence-corrected chi connectivity index (χ1v) is 8.08. The molecule has 3 N–H and O–H groups in total. The summed E-state index contributed by atoms with van der Waals surface area (Å²) in [5.41, 5.74) is -0.258. The zero-order valence-electron chi connectivity index (χ0n) is 12.1. The Hall–Kier alpha value is -1.63. The van der Waals surface area contributed by atoms with E-state index in [4.69, 9.17) is 5.11 Å². The molecule has 2 rings (SSSR count). The number of urea groups is 1. The third-order valence-corrected chi connectivity index (χ3v) is 4.92. The van der Waals surface area contributed by atoms with Crippen LogP contribution in [0.1, 0.15) is 50.1 Å². The topological polar surface area (TPSA) is 91.3 Å². The molecule has 1 heterocycles. The Kier molecular flexibility index (Phi) is 5.17. The van der Waals surface area contributed by atoms with Gasteiger partial charge in [0.2, 0.25) is 0 Å².